The second-order valence-electron chi connectivity index (χ2n) is 4.30. The Hall–Kier alpha value is -0.520. The highest BCUT2D eigenvalue weighted by Gasteiger charge is 2.37. The van der Waals surface area contributed by atoms with E-state index >= 15 is 0 Å². The molecule has 0 heterocycles. The van der Waals surface area contributed by atoms with Crippen molar-refractivity contribution in [3.8, 4) is 11.8 Å². The van der Waals surface area contributed by atoms with Gasteiger partial charge in [-0.15, -0.1) is 5.92 Å². The Balaban J connectivity index is 2.55. The summed E-state index contributed by atoms with van der Waals surface area (Å²) in [5.41, 5.74) is -0.888. The fraction of sp³-hybridized carbons (Fsp3) is 0.846. The minimum absolute atomic E-state index is 0.0969. The molecule has 0 aromatic rings. The third-order valence-electron chi connectivity index (χ3n) is 3.05. The van der Waals surface area contributed by atoms with Crippen molar-refractivity contribution in [3.05, 3.63) is 0 Å². The van der Waals surface area contributed by atoms with Crippen molar-refractivity contribution in [1.29, 1.82) is 0 Å². The Morgan fingerprint density at radius 2 is 2.27 bits per heavy atom. The molecule has 1 N–H and O–H groups in total. The van der Waals surface area contributed by atoms with E-state index in [-0.39, 0.29) is 6.10 Å². The monoisotopic (exact) mass is 210 g/mol. The molecule has 2 unspecified atom stereocenters. The Labute approximate surface area is 93.0 Å². The van der Waals surface area contributed by atoms with Crippen LogP contribution in [0.15, 0.2) is 0 Å². The first-order chi connectivity index (χ1) is 7.23. The van der Waals surface area contributed by atoms with E-state index in [1.165, 1.54) is 0 Å². The molecular weight excluding hydrogens is 188 g/mol. The number of rotatable bonds is 3. The van der Waals surface area contributed by atoms with Crippen molar-refractivity contribution in [3.63, 3.8) is 0 Å². The molecule has 86 valence electrons. The highest BCUT2D eigenvalue weighted by molar-refractivity contribution is 5.18. The van der Waals surface area contributed by atoms with Gasteiger partial charge in [-0.1, -0.05) is 25.7 Å². The number of hydrogen-bond donors (Lipinski definition) is 1. The third-order valence-corrected chi connectivity index (χ3v) is 3.05. The van der Waals surface area contributed by atoms with Crippen LogP contribution in [0.4, 0.5) is 0 Å². The molecule has 0 amide bonds. The molecule has 0 saturated heterocycles. The lowest BCUT2D eigenvalue weighted by Gasteiger charge is -2.34. The largest absolute Gasteiger partial charge is 0.377 e. The fourth-order valence-electron chi connectivity index (χ4n) is 2.06. The van der Waals surface area contributed by atoms with Crippen LogP contribution >= 0.6 is 0 Å². The van der Waals surface area contributed by atoms with Crippen LogP contribution in [0.25, 0.3) is 0 Å². The summed E-state index contributed by atoms with van der Waals surface area (Å²) in [6.07, 6.45) is 6.92. The van der Waals surface area contributed by atoms with Crippen LogP contribution in [-0.2, 0) is 4.74 Å². The van der Waals surface area contributed by atoms with Gasteiger partial charge in [0.25, 0.3) is 0 Å². The quantitative estimate of drug-likeness (QED) is 0.573. The van der Waals surface area contributed by atoms with E-state index in [9.17, 15) is 5.11 Å². The van der Waals surface area contributed by atoms with Gasteiger partial charge < -0.3 is 9.84 Å². The van der Waals surface area contributed by atoms with Crippen LogP contribution in [0, 0.1) is 11.8 Å². The van der Waals surface area contributed by atoms with Crippen molar-refractivity contribution in [2.24, 2.45) is 0 Å². The number of methoxy groups -OCH3 is 1. The van der Waals surface area contributed by atoms with Crippen LogP contribution in [0.1, 0.15) is 51.9 Å². The zero-order valence-corrected chi connectivity index (χ0v) is 9.88. The summed E-state index contributed by atoms with van der Waals surface area (Å²) in [5.74, 6) is 6.10. The van der Waals surface area contributed by atoms with E-state index in [1.54, 1.807) is 7.11 Å². The molecular formula is C13H22O2. The second-order valence-corrected chi connectivity index (χ2v) is 4.30. The topological polar surface area (TPSA) is 29.5 Å². The molecule has 0 aromatic heterocycles. The summed E-state index contributed by atoms with van der Waals surface area (Å²) in [4.78, 5) is 0. The maximum absolute atomic E-state index is 10.3. The van der Waals surface area contributed by atoms with Crippen LogP contribution < -0.4 is 0 Å². The SMILES string of the molecule is CCCCC#CC1(O)CCCCC1OC. The summed E-state index contributed by atoms with van der Waals surface area (Å²) in [6, 6.07) is 0. The van der Waals surface area contributed by atoms with E-state index < -0.39 is 5.60 Å². The van der Waals surface area contributed by atoms with Gasteiger partial charge in [-0.05, 0) is 25.7 Å². The first-order valence-electron chi connectivity index (χ1n) is 5.98. The first-order valence-corrected chi connectivity index (χ1v) is 5.98. The average molecular weight is 210 g/mol. The predicted octanol–water partition coefficient (Wildman–Crippen LogP) is 2.50. The van der Waals surface area contributed by atoms with E-state index in [4.69, 9.17) is 4.74 Å². The van der Waals surface area contributed by atoms with Gasteiger partial charge >= 0.3 is 0 Å². The molecule has 2 atom stereocenters. The Morgan fingerprint density at radius 3 is 2.93 bits per heavy atom. The van der Waals surface area contributed by atoms with Gasteiger partial charge in [0.15, 0.2) is 5.60 Å². The van der Waals surface area contributed by atoms with Gasteiger partial charge in [-0.25, -0.2) is 0 Å². The zero-order chi connectivity index (χ0) is 11.1. The van der Waals surface area contributed by atoms with Gasteiger partial charge in [-0.3, -0.25) is 0 Å². The van der Waals surface area contributed by atoms with Crippen molar-refractivity contribution in [2.45, 2.75) is 63.6 Å². The highest BCUT2D eigenvalue weighted by atomic mass is 16.5. The van der Waals surface area contributed by atoms with Gasteiger partial charge in [0, 0.05) is 13.5 Å². The summed E-state index contributed by atoms with van der Waals surface area (Å²) in [6.45, 7) is 2.15. The lowest BCUT2D eigenvalue weighted by Crippen LogP contribution is -2.44. The van der Waals surface area contributed by atoms with Crippen LogP contribution in [0.3, 0.4) is 0 Å². The normalized spacial score (nSPS) is 30.7. The van der Waals surface area contributed by atoms with Crippen LogP contribution in [0.2, 0.25) is 0 Å². The van der Waals surface area contributed by atoms with Crippen molar-refractivity contribution in [2.75, 3.05) is 7.11 Å². The lowest BCUT2D eigenvalue weighted by molar-refractivity contribution is -0.0796. The van der Waals surface area contributed by atoms with Crippen LogP contribution in [0.5, 0.6) is 0 Å². The van der Waals surface area contributed by atoms with E-state index in [1.807, 2.05) is 0 Å². The fourth-order valence-corrected chi connectivity index (χ4v) is 2.06. The molecule has 0 spiro atoms. The van der Waals surface area contributed by atoms with E-state index in [0.29, 0.717) is 0 Å². The third kappa shape index (κ3) is 3.52. The summed E-state index contributed by atoms with van der Waals surface area (Å²) in [7, 11) is 1.66. The van der Waals surface area contributed by atoms with Gasteiger partial charge in [0.05, 0.1) is 6.10 Å². The second kappa shape index (κ2) is 6.15. The minimum atomic E-state index is -0.888. The summed E-state index contributed by atoms with van der Waals surface area (Å²) in [5, 5.41) is 10.3. The lowest BCUT2D eigenvalue weighted by atomic mass is 9.82. The Kier molecular flexibility index (Phi) is 5.14. The van der Waals surface area contributed by atoms with Crippen molar-refractivity contribution < 1.29 is 9.84 Å². The molecule has 0 bridgehead atoms. The molecule has 2 nitrogen and oxygen atoms in total. The standard InChI is InChI=1S/C13H22O2/c1-3-4-5-7-10-13(14)11-8-6-9-12(13)15-2/h12,14H,3-6,8-9,11H2,1-2H3. The smallest absolute Gasteiger partial charge is 0.151 e. The van der Waals surface area contributed by atoms with Gasteiger partial charge in [0.2, 0.25) is 0 Å². The van der Waals surface area contributed by atoms with E-state index in [2.05, 4.69) is 18.8 Å². The van der Waals surface area contributed by atoms with Crippen molar-refractivity contribution >= 4 is 0 Å². The molecule has 15 heavy (non-hydrogen) atoms. The average Bonchev–Trinajstić information content (AvgIpc) is 2.25. The Morgan fingerprint density at radius 1 is 1.47 bits per heavy atom. The molecule has 1 saturated carbocycles. The molecule has 1 aliphatic carbocycles. The Bertz CT molecular complexity index is 239. The van der Waals surface area contributed by atoms with Crippen LogP contribution in [-0.4, -0.2) is 23.9 Å². The number of unbranched alkanes of at least 4 members (excludes halogenated alkanes) is 2. The van der Waals surface area contributed by atoms with Crippen molar-refractivity contribution in [1.82, 2.24) is 0 Å². The summed E-state index contributed by atoms with van der Waals surface area (Å²) >= 11 is 0. The maximum Gasteiger partial charge on any atom is 0.151 e. The molecule has 1 rings (SSSR count). The number of hydrogen-bond acceptors (Lipinski definition) is 2. The van der Waals surface area contributed by atoms with E-state index in [0.717, 1.165) is 44.9 Å². The maximum atomic E-state index is 10.3. The molecule has 0 aliphatic heterocycles. The zero-order valence-electron chi connectivity index (χ0n) is 9.88. The molecule has 1 aliphatic rings. The molecule has 1 fully saturated rings. The number of aliphatic hydroxyl groups is 1. The van der Waals surface area contributed by atoms with Gasteiger partial charge in [-0.2, -0.15) is 0 Å². The molecule has 0 aromatic carbocycles. The molecule has 0 radical (unpaired) electrons. The highest BCUT2D eigenvalue weighted by Crippen LogP contribution is 2.29. The number of ether oxygens (including phenoxy) is 1. The minimum Gasteiger partial charge on any atom is -0.377 e. The van der Waals surface area contributed by atoms with Gasteiger partial charge in [0.1, 0.15) is 0 Å². The molecule has 2 heteroatoms. The summed E-state index contributed by atoms with van der Waals surface area (Å²) < 4.78 is 5.31. The predicted molar refractivity (Wildman–Crippen MR) is 61.5 cm³/mol. The first kappa shape index (κ1) is 12.5.